The summed E-state index contributed by atoms with van der Waals surface area (Å²) in [6.45, 7) is 6.84. The van der Waals surface area contributed by atoms with Crippen molar-refractivity contribution in [2.24, 2.45) is 11.7 Å². The van der Waals surface area contributed by atoms with E-state index < -0.39 is 0 Å². The topological polar surface area (TPSA) is 29.3 Å². The molecule has 0 amide bonds. The van der Waals surface area contributed by atoms with Gasteiger partial charge in [-0.1, -0.05) is 31.2 Å². The van der Waals surface area contributed by atoms with E-state index in [1.165, 1.54) is 38.9 Å². The van der Waals surface area contributed by atoms with E-state index in [1.807, 2.05) is 0 Å². The first-order valence-corrected chi connectivity index (χ1v) is 7.29. The van der Waals surface area contributed by atoms with Crippen molar-refractivity contribution in [2.45, 2.75) is 32.6 Å². The van der Waals surface area contributed by atoms with E-state index in [0.717, 1.165) is 18.9 Å². The first-order valence-electron chi connectivity index (χ1n) is 7.29. The third-order valence-electron chi connectivity index (χ3n) is 3.98. The fourth-order valence-corrected chi connectivity index (χ4v) is 2.90. The number of rotatable bonds is 5. The van der Waals surface area contributed by atoms with E-state index in [1.54, 1.807) is 11.1 Å². The van der Waals surface area contributed by atoms with Crippen LogP contribution in [0, 0.1) is 5.92 Å². The number of fused-ring (bicyclic) bond motifs is 1. The second-order valence-electron chi connectivity index (χ2n) is 5.61. The molecule has 1 aromatic rings. The Kier molecular flexibility index (Phi) is 5.21. The minimum Gasteiger partial charge on any atom is -0.330 e. The van der Waals surface area contributed by atoms with Gasteiger partial charge in [-0.2, -0.15) is 0 Å². The van der Waals surface area contributed by atoms with Crippen LogP contribution in [0.1, 0.15) is 30.9 Å². The van der Waals surface area contributed by atoms with Crippen molar-refractivity contribution >= 4 is 0 Å². The van der Waals surface area contributed by atoms with Crippen molar-refractivity contribution in [1.82, 2.24) is 4.90 Å². The summed E-state index contributed by atoms with van der Waals surface area (Å²) in [5, 5.41) is 0. The van der Waals surface area contributed by atoms with Gasteiger partial charge in [-0.3, -0.25) is 0 Å². The van der Waals surface area contributed by atoms with Gasteiger partial charge in [-0.15, -0.1) is 0 Å². The molecule has 0 saturated carbocycles. The third kappa shape index (κ3) is 3.82. The molecule has 0 radical (unpaired) electrons. The van der Waals surface area contributed by atoms with Gasteiger partial charge in [0.2, 0.25) is 0 Å². The van der Waals surface area contributed by atoms with E-state index in [2.05, 4.69) is 36.1 Å². The van der Waals surface area contributed by atoms with Crippen molar-refractivity contribution in [2.75, 3.05) is 26.2 Å². The number of hydrogen-bond donors (Lipinski definition) is 1. The summed E-state index contributed by atoms with van der Waals surface area (Å²) >= 11 is 0. The largest absolute Gasteiger partial charge is 0.330 e. The summed E-state index contributed by atoms with van der Waals surface area (Å²) in [6.07, 6.45) is 4.84. The molecule has 1 aliphatic heterocycles. The van der Waals surface area contributed by atoms with Crippen LogP contribution < -0.4 is 5.73 Å². The molecular formula is C16H26N2. The molecule has 0 saturated heterocycles. The maximum atomic E-state index is 5.58. The molecule has 1 unspecified atom stereocenters. The summed E-state index contributed by atoms with van der Waals surface area (Å²) in [6, 6.07) is 8.91. The van der Waals surface area contributed by atoms with Crippen molar-refractivity contribution in [3.05, 3.63) is 35.4 Å². The van der Waals surface area contributed by atoms with E-state index in [-0.39, 0.29) is 0 Å². The minimum absolute atomic E-state index is 0.773. The number of hydrogen-bond acceptors (Lipinski definition) is 2. The van der Waals surface area contributed by atoms with Crippen LogP contribution in [0.3, 0.4) is 0 Å². The Bertz CT molecular complexity index is 335. The van der Waals surface area contributed by atoms with Crippen LogP contribution in [0.4, 0.5) is 0 Å². The molecule has 2 heteroatoms. The molecule has 2 N–H and O–H groups in total. The van der Waals surface area contributed by atoms with Crippen LogP contribution in [0.2, 0.25) is 0 Å². The average molecular weight is 246 g/mol. The van der Waals surface area contributed by atoms with Gasteiger partial charge in [0.05, 0.1) is 0 Å². The van der Waals surface area contributed by atoms with Gasteiger partial charge < -0.3 is 10.6 Å². The maximum Gasteiger partial charge on any atom is 0.00222 e. The zero-order valence-corrected chi connectivity index (χ0v) is 11.6. The lowest BCUT2D eigenvalue weighted by molar-refractivity contribution is 0.241. The second kappa shape index (κ2) is 6.91. The predicted molar refractivity (Wildman–Crippen MR) is 77.7 cm³/mol. The normalized spacial score (nSPS) is 18.1. The highest BCUT2D eigenvalue weighted by Crippen LogP contribution is 2.17. The van der Waals surface area contributed by atoms with Crippen molar-refractivity contribution in [3.8, 4) is 0 Å². The van der Waals surface area contributed by atoms with E-state index in [9.17, 15) is 0 Å². The summed E-state index contributed by atoms with van der Waals surface area (Å²) in [5.74, 6) is 0.773. The van der Waals surface area contributed by atoms with Gasteiger partial charge in [-0.05, 0) is 49.3 Å². The van der Waals surface area contributed by atoms with Gasteiger partial charge in [0.25, 0.3) is 0 Å². The highest BCUT2D eigenvalue weighted by molar-refractivity contribution is 5.28. The Balaban J connectivity index is 1.84. The molecule has 18 heavy (non-hydrogen) atoms. The van der Waals surface area contributed by atoms with Crippen LogP contribution in [0.25, 0.3) is 0 Å². The molecule has 1 atom stereocenters. The standard InChI is InChI=1S/C16H26N2/c1-14(5-4-10-17)13-18-11-8-15-6-2-3-7-16(15)9-12-18/h2-3,6-7,14H,4-5,8-13,17H2,1H3. The average Bonchev–Trinajstić information content (AvgIpc) is 2.59. The number of benzene rings is 1. The zero-order chi connectivity index (χ0) is 12.8. The van der Waals surface area contributed by atoms with Crippen molar-refractivity contribution in [3.63, 3.8) is 0 Å². The van der Waals surface area contributed by atoms with Gasteiger partial charge >= 0.3 is 0 Å². The molecular weight excluding hydrogens is 220 g/mol. The number of nitrogens with two attached hydrogens (primary N) is 1. The third-order valence-corrected chi connectivity index (χ3v) is 3.98. The number of nitrogens with zero attached hydrogens (tertiary/aromatic N) is 1. The maximum absolute atomic E-state index is 5.58. The Morgan fingerprint density at radius 3 is 2.33 bits per heavy atom. The molecule has 0 bridgehead atoms. The Morgan fingerprint density at radius 1 is 1.17 bits per heavy atom. The van der Waals surface area contributed by atoms with Crippen molar-refractivity contribution < 1.29 is 0 Å². The Morgan fingerprint density at radius 2 is 1.78 bits per heavy atom. The lowest BCUT2D eigenvalue weighted by Gasteiger charge is -2.23. The fourth-order valence-electron chi connectivity index (χ4n) is 2.90. The zero-order valence-electron chi connectivity index (χ0n) is 11.6. The van der Waals surface area contributed by atoms with Crippen molar-refractivity contribution in [1.29, 1.82) is 0 Å². The summed E-state index contributed by atoms with van der Waals surface area (Å²) in [5.41, 5.74) is 8.68. The van der Waals surface area contributed by atoms with Crippen LogP contribution in [-0.4, -0.2) is 31.1 Å². The highest BCUT2D eigenvalue weighted by Gasteiger charge is 2.15. The molecule has 1 aliphatic rings. The van der Waals surface area contributed by atoms with E-state index in [0.29, 0.717) is 0 Å². The molecule has 2 nitrogen and oxygen atoms in total. The van der Waals surface area contributed by atoms with E-state index >= 15 is 0 Å². The van der Waals surface area contributed by atoms with Gasteiger partial charge in [-0.25, -0.2) is 0 Å². The molecule has 100 valence electrons. The first kappa shape index (κ1) is 13.6. The summed E-state index contributed by atoms with van der Waals surface area (Å²) in [4.78, 5) is 2.63. The predicted octanol–water partition coefficient (Wildman–Crippen LogP) is 2.46. The molecule has 0 spiro atoms. The molecule has 0 aliphatic carbocycles. The minimum atomic E-state index is 0.773. The molecule has 1 heterocycles. The molecule has 0 aromatic heterocycles. The molecule has 1 aromatic carbocycles. The Hall–Kier alpha value is -0.860. The highest BCUT2D eigenvalue weighted by atomic mass is 15.1. The smallest absolute Gasteiger partial charge is 0.00222 e. The second-order valence-corrected chi connectivity index (χ2v) is 5.61. The van der Waals surface area contributed by atoms with Gasteiger partial charge in [0.15, 0.2) is 0 Å². The Labute approximate surface area is 111 Å². The van der Waals surface area contributed by atoms with Crippen LogP contribution in [0.15, 0.2) is 24.3 Å². The van der Waals surface area contributed by atoms with Gasteiger partial charge in [0, 0.05) is 19.6 Å². The molecule has 0 fully saturated rings. The van der Waals surface area contributed by atoms with Crippen LogP contribution in [0.5, 0.6) is 0 Å². The van der Waals surface area contributed by atoms with Crippen LogP contribution in [-0.2, 0) is 12.8 Å². The summed E-state index contributed by atoms with van der Waals surface area (Å²) in [7, 11) is 0. The fraction of sp³-hybridized carbons (Fsp3) is 0.625. The van der Waals surface area contributed by atoms with E-state index in [4.69, 9.17) is 5.73 Å². The lowest BCUT2D eigenvalue weighted by atomic mass is 10.0. The van der Waals surface area contributed by atoms with Gasteiger partial charge in [0.1, 0.15) is 0 Å². The summed E-state index contributed by atoms with van der Waals surface area (Å²) < 4.78 is 0. The SMILES string of the molecule is CC(CCCN)CN1CCc2ccccc2CC1. The quantitative estimate of drug-likeness (QED) is 0.865. The monoisotopic (exact) mass is 246 g/mol. The first-order chi connectivity index (χ1) is 8.79. The molecule has 2 rings (SSSR count). The lowest BCUT2D eigenvalue weighted by Crippen LogP contribution is -2.31. The van der Waals surface area contributed by atoms with Crippen LogP contribution >= 0.6 is 0 Å².